The van der Waals surface area contributed by atoms with Gasteiger partial charge in [-0.25, -0.2) is 0 Å². The summed E-state index contributed by atoms with van der Waals surface area (Å²) >= 11 is 3.29. The molecule has 16 heavy (non-hydrogen) atoms. The summed E-state index contributed by atoms with van der Waals surface area (Å²) in [6.45, 7) is 0. The first-order valence-corrected chi connectivity index (χ1v) is 5.32. The highest BCUT2D eigenvalue weighted by molar-refractivity contribution is 9.10. The molecule has 0 saturated heterocycles. The van der Waals surface area contributed by atoms with Gasteiger partial charge in [0.05, 0.1) is 10.5 Å². The van der Waals surface area contributed by atoms with Gasteiger partial charge in [0.2, 0.25) is 0 Å². The van der Waals surface area contributed by atoms with Crippen LogP contribution in [0.1, 0.15) is 0 Å². The number of nitrogens with zero attached hydrogens (tertiary/aromatic N) is 2. The quantitative estimate of drug-likeness (QED) is 0.625. The van der Waals surface area contributed by atoms with Crippen LogP contribution >= 0.6 is 15.9 Å². The van der Waals surface area contributed by atoms with E-state index in [9.17, 15) is 10.1 Å². The van der Waals surface area contributed by atoms with Gasteiger partial charge >= 0.3 is 0 Å². The maximum Gasteiger partial charge on any atom is 0.277 e. The Balaban J connectivity index is 2.60. The van der Waals surface area contributed by atoms with Crippen LogP contribution in [0.3, 0.4) is 0 Å². The molecule has 5 heteroatoms. The second kappa shape index (κ2) is 4.40. The lowest BCUT2D eigenvalue weighted by atomic mass is 10.1. The van der Waals surface area contributed by atoms with Crippen molar-refractivity contribution >= 4 is 21.6 Å². The summed E-state index contributed by atoms with van der Waals surface area (Å²) < 4.78 is 0.795. The number of hydrogen-bond donors (Lipinski definition) is 0. The summed E-state index contributed by atoms with van der Waals surface area (Å²) in [5, 5.41) is 10.9. The highest BCUT2D eigenvalue weighted by Crippen LogP contribution is 2.30. The predicted octanol–water partition coefficient (Wildman–Crippen LogP) is 3.42. The van der Waals surface area contributed by atoms with Crippen molar-refractivity contribution in [2.75, 3.05) is 0 Å². The lowest BCUT2D eigenvalue weighted by Gasteiger charge is -2.02. The Morgan fingerprint density at radius 1 is 1.25 bits per heavy atom. The molecule has 0 aliphatic heterocycles. The molecule has 0 bridgehead atoms. The monoisotopic (exact) mass is 278 g/mol. The molecule has 2 rings (SSSR count). The summed E-state index contributed by atoms with van der Waals surface area (Å²) in [7, 11) is 0. The minimum absolute atomic E-state index is 0.0856. The molecule has 1 heterocycles. The third-order valence-corrected chi connectivity index (χ3v) is 2.55. The van der Waals surface area contributed by atoms with Crippen LogP contribution in [0.2, 0.25) is 0 Å². The predicted molar refractivity (Wildman–Crippen MR) is 64.0 cm³/mol. The van der Waals surface area contributed by atoms with Crippen LogP contribution in [0.15, 0.2) is 47.2 Å². The number of nitro groups is 1. The average Bonchev–Trinajstić information content (AvgIpc) is 2.29. The van der Waals surface area contributed by atoms with Gasteiger partial charge in [-0.2, -0.15) is 0 Å². The van der Waals surface area contributed by atoms with Gasteiger partial charge in [0, 0.05) is 28.5 Å². The van der Waals surface area contributed by atoms with E-state index in [0.29, 0.717) is 5.56 Å². The lowest BCUT2D eigenvalue weighted by Crippen LogP contribution is -1.91. The highest BCUT2D eigenvalue weighted by Gasteiger charge is 2.14. The molecule has 2 aromatic rings. The number of pyridine rings is 1. The second-order valence-corrected chi connectivity index (χ2v) is 4.08. The van der Waals surface area contributed by atoms with Crippen molar-refractivity contribution in [3.05, 3.63) is 57.3 Å². The Bertz CT molecular complexity index is 543. The largest absolute Gasteiger partial charge is 0.277 e. The molecule has 0 aliphatic rings. The molecule has 0 aliphatic carbocycles. The fourth-order valence-electron chi connectivity index (χ4n) is 1.44. The Kier molecular flexibility index (Phi) is 2.96. The second-order valence-electron chi connectivity index (χ2n) is 3.17. The molecule has 0 N–H and O–H groups in total. The molecule has 0 fully saturated rings. The van der Waals surface area contributed by atoms with Gasteiger partial charge in [0.1, 0.15) is 0 Å². The molecule has 1 aromatic carbocycles. The SMILES string of the molecule is O=[N+]([O-])c1ccccc1-c1cncc(Br)c1. The third-order valence-electron chi connectivity index (χ3n) is 2.12. The zero-order chi connectivity index (χ0) is 11.5. The molecule has 0 spiro atoms. The molecular formula is C11H7BrN2O2. The van der Waals surface area contributed by atoms with Crippen LogP contribution in [-0.4, -0.2) is 9.91 Å². The minimum Gasteiger partial charge on any atom is -0.263 e. The van der Waals surface area contributed by atoms with E-state index in [0.717, 1.165) is 10.0 Å². The van der Waals surface area contributed by atoms with Crippen molar-refractivity contribution in [1.82, 2.24) is 4.98 Å². The first-order valence-electron chi connectivity index (χ1n) is 4.53. The summed E-state index contributed by atoms with van der Waals surface area (Å²) in [6, 6.07) is 8.41. The molecular weight excluding hydrogens is 272 g/mol. The smallest absolute Gasteiger partial charge is 0.263 e. The van der Waals surface area contributed by atoms with Crippen molar-refractivity contribution in [3.8, 4) is 11.1 Å². The molecule has 0 saturated carbocycles. The van der Waals surface area contributed by atoms with E-state index in [2.05, 4.69) is 20.9 Å². The van der Waals surface area contributed by atoms with Crippen LogP contribution in [-0.2, 0) is 0 Å². The van der Waals surface area contributed by atoms with E-state index in [4.69, 9.17) is 0 Å². The van der Waals surface area contributed by atoms with Crippen LogP contribution in [0.25, 0.3) is 11.1 Å². The maximum atomic E-state index is 10.9. The molecule has 0 radical (unpaired) electrons. The lowest BCUT2D eigenvalue weighted by molar-refractivity contribution is -0.384. The Morgan fingerprint density at radius 3 is 2.69 bits per heavy atom. The Hall–Kier alpha value is -1.75. The average molecular weight is 279 g/mol. The van der Waals surface area contributed by atoms with Gasteiger partial charge in [-0.05, 0) is 28.1 Å². The minimum atomic E-state index is -0.393. The Labute approximate surface area is 100 Å². The van der Waals surface area contributed by atoms with Crippen molar-refractivity contribution in [2.45, 2.75) is 0 Å². The summed E-state index contributed by atoms with van der Waals surface area (Å²) in [5.74, 6) is 0. The van der Waals surface area contributed by atoms with Crippen molar-refractivity contribution in [3.63, 3.8) is 0 Å². The van der Waals surface area contributed by atoms with E-state index in [1.807, 2.05) is 0 Å². The third kappa shape index (κ3) is 2.09. The van der Waals surface area contributed by atoms with E-state index in [-0.39, 0.29) is 5.69 Å². The summed E-state index contributed by atoms with van der Waals surface area (Å²) in [6.07, 6.45) is 3.24. The summed E-state index contributed by atoms with van der Waals surface area (Å²) in [4.78, 5) is 14.5. The number of aromatic nitrogens is 1. The first-order chi connectivity index (χ1) is 7.68. The van der Waals surface area contributed by atoms with E-state index in [1.54, 1.807) is 36.7 Å². The van der Waals surface area contributed by atoms with Crippen molar-refractivity contribution in [2.24, 2.45) is 0 Å². The van der Waals surface area contributed by atoms with Crippen molar-refractivity contribution < 1.29 is 4.92 Å². The fraction of sp³-hybridized carbons (Fsp3) is 0. The number of nitro benzene ring substituents is 1. The Morgan fingerprint density at radius 2 is 2.00 bits per heavy atom. The van der Waals surface area contributed by atoms with Gasteiger partial charge in [-0.3, -0.25) is 15.1 Å². The van der Waals surface area contributed by atoms with E-state index in [1.165, 1.54) is 6.07 Å². The number of hydrogen-bond acceptors (Lipinski definition) is 3. The van der Waals surface area contributed by atoms with Crippen LogP contribution in [0.4, 0.5) is 5.69 Å². The molecule has 1 aromatic heterocycles. The number of para-hydroxylation sites is 1. The zero-order valence-electron chi connectivity index (χ0n) is 8.13. The molecule has 0 atom stereocenters. The summed E-state index contributed by atoms with van der Waals surface area (Å²) in [5.41, 5.74) is 1.38. The van der Waals surface area contributed by atoms with Gasteiger partial charge in [0.25, 0.3) is 5.69 Å². The van der Waals surface area contributed by atoms with Gasteiger partial charge in [-0.1, -0.05) is 12.1 Å². The van der Waals surface area contributed by atoms with Crippen molar-refractivity contribution in [1.29, 1.82) is 0 Å². The number of benzene rings is 1. The number of halogens is 1. The molecule has 0 unspecified atom stereocenters. The van der Waals surface area contributed by atoms with Gasteiger partial charge < -0.3 is 0 Å². The highest BCUT2D eigenvalue weighted by atomic mass is 79.9. The van der Waals surface area contributed by atoms with Gasteiger partial charge in [0.15, 0.2) is 0 Å². The molecule has 80 valence electrons. The molecule has 4 nitrogen and oxygen atoms in total. The van der Waals surface area contributed by atoms with Crippen LogP contribution < -0.4 is 0 Å². The van der Waals surface area contributed by atoms with Crippen LogP contribution in [0, 0.1) is 10.1 Å². The normalized spacial score (nSPS) is 10.1. The number of rotatable bonds is 2. The zero-order valence-corrected chi connectivity index (χ0v) is 9.72. The topological polar surface area (TPSA) is 56.0 Å². The first kappa shape index (κ1) is 10.8. The molecule has 0 amide bonds. The van der Waals surface area contributed by atoms with E-state index < -0.39 is 4.92 Å². The standard InChI is InChI=1S/C11H7BrN2O2/c12-9-5-8(6-13-7-9)10-3-1-2-4-11(10)14(15)16/h1-7H. The van der Waals surface area contributed by atoms with Gasteiger partial charge in [-0.15, -0.1) is 0 Å². The van der Waals surface area contributed by atoms with E-state index >= 15 is 0 Å². The van der Waals surface area contributed by atoms with Crippen LogP contribution in [0.5, 0.6) is 0 Å². The fourth-order valence-corrected chi connectivity index (χ4v) is 1.80. The maximum absolute atomic E-state index is 10.9.